The van der Waals surface area contributed by atoms with Crippen LogP contribution in [0.3, 0.4) is 0 Å². The van der Waals surface area contributed by atoms with Crippen molar-refractivity contribution < 1.29 is 18.6 Å². The molecule has 0 bridgehead atoms. The highest BCUT2D eigenvalue weighted by Gasteiger charge is 2.45. The molecule has 0 aliphatic carbocycles. The van der Waals surface area contributed by atoms with Gasteiger partial charge < -0.3 is 19.5 Å². The average Bonchev–Trinajstić information content (AvgIpc) is 2.69. The number of hydrogen-bond acceptors (Lipinski definition) is 4. The lowest BCUT2D eigenvalue weighted by Gasteiger charge is -2.44. The summed E-state index contributed by atoms with van der Waals surface area (Å²) in [6.45, 7) is 10.2. The van der Waals surface area contributed by atoms with Crippen molar-refractivity contribution in [3.05, 3.63) is 59.4 Å². The molecule has 0 aromatic heterocycles. The van der Waals surface area contributed by atoms with E-state index in [1.54, 1.807) is 12.1 Å². The molecule has 0 saturated carbocycles. The summed E-state index contributed by atoms with van der Waals surface area (Å²) in [5.41, 5.74) is 2.39. The van der Waals surface area contributed by atoms with Gasteiger partial charge in [-0.05, 0) is 63.1 Å². The molecule has 5 heteroatoms. The van der Waals surface area contributed by atoms with E-state index in [4.69, 9.17) is 14.2 Å². The Morgan fingerprint density at radius 2 is 1.83 bits per heavy atom. The van der Waals surface area contributed by atoms with Gasteiger partial charge in [0.05, 0.1) is 6.61 Å². The quantitative estimate of drug-likeness (QED) is 0.533. The summed E-state index contributed by atoms with van der Waals surface area (Å²) in [6.07, 6.45) is 1.52. The maximum Gasteiger partial charge on any atom is 0.132 e. The third-order valence-electron chi connectivity index (χ3n) is 5.17. The molecule has 1 heterocycles. The Bertz CT molecular complexity index is 791. The van der Waals surface area contributed by atoms with E-state index in [-0.39, 0.29) is 18.0 Å². The Kier molecular flexibility index (Phi) is 7.14. The lowest BCUT2D eigenvalue weighted by Crippen LogP contribution is -2.51. The van der Waals surface area contributed by atoms with Gasteiger partial charge in [0.15, 0.2) is 0 Å². The maximum absolute atomic E-state index is 13.2. The lowest BCUT2D eigenvalue weighted by molar-refractivity contribution is -0.167. The number of nitrogens with one attached hydrogen (secondary N) is 1. The molecule has 0 amide bonds. The Morgan fingerprint density at radius 3 is 2.52 bits per heavy atom. The van der Waals surface area contributed by atoms with E-state index in [0.29, 0.717) is 13.2 Å². The number of rotatable bonds is 9. The fraction of sp³-hybridized carbons (Fsp3) is 0.500. The molecule has 2 atom stereocenters. The number of hydrogen-bond donors (Lipinski definition) is 1. The average molecular weight is 402 g/mol. The number of halogens is 1. The number of benzene rings is 2. The van der Waals surface area contributed by atoms with Gasteiger partial charge in [-0.15, -0.1) is 0 Å². The first-order valence-electron chi connectivity index (χ1n) is 10.5. The molecule has 29 heavy (non-hydrogen) atoms. The fourth-order valence-electron chi connectivity index (χ4n) is 3.63. The first-order chi connectivity index (χ1) is 13.9. The normalized spacial score (nSPS) is 20.0. The predicted molar refractivity (Wildman–Crippen MR) is 114 cm³/mol. The van der Waals surface area contributed by atoms with Crippen molar-refractivity contribution in [1.82, 2.24) is 0 Å². The molecule has 4 nitrogen and oxygen atoms in total. The van der Waals surface area contributed by atoms with Crippen LogP contribution in [-0.2, 0) is 16.1 Å². The summed E-state index contributed by atoms with van der Waals surface area (Å²) in [4.78, 5) is 0. The zero-order valence-corrected chi connectivity index (χ0v) is 17.8. The van der Waals surface area contributed by atoms with E-state index in [9.17, 15) is 4.39 Å². The molecule has 0 spiro atoms. The summed E-state index contributed by atoms with van der Waals surface area (Å²) in [6, 6.07) is 12.5. The molecule has 1 aliphatic heterocycles. The first kappa shape index (κ1) is 21.6. The summed E-state index contributed by atoms with van der Waals surface area (Å²) in [5.74, 6) is 0.584. The molecule has 0 radical (unpaired) electrons. The molecule has 1 aliphatic rings. The van der Waals surface area contributed by atoms with Gasteiger partial charge in [-0.3, -0.25) is 0 Å². The predicted octanol–water partition coefficient (Wildman–Crippen LogP) is 5.87. The second-order valence-corrected chi connectivity index (χ2v) is 7.99. The number of fused-ring (bicyclic) bond motifs is 1. The van der Waals surface area contributed by atoms with Crippen molar-refractivity contribution in [2.24, 2.45) is 0 Å². The van der Waals surface area contributed by atoms with E-state index in [1.165, 1.54) is 12.1 Å². The number of unbranched alkanes of at least 4 members (excludes halogenated alkanes) is 1. The monoisotopic (exact) mass is 401 g/mol. The maximum atomic E-state index is 13.2. The molecule has 0 saturated heterocycles. The fourth-order valence-corrected chi connectivity index (χ4v) is 3.63. The highest BCUT2D eigenvalue weighted by atomic mass is 19.1. The van der Waals surface area contributed by atoms with Gasteiger partial charge in [-0.25, -0.2) is 4.39 Å². The second-order valence-electron chi connectivity index (χ2n) is 7.99. The molecule has 2 unspecified atom stereocenters. The van der Waals surface area contributed by atoms with Crippen molar-refractivity contribution in [2.75, 3.05) is 18.5 Å². The molecule has 1 N–H and O–H groups in total. The van der Waals surface area contributed by atoms with Gasteiger partial charge in [0, 0.05) is 24.4 Å². The van der Waals surface area contributed by atoms with Gasteiger partial charge in [0.25, 0.3) is 0 Å². The van der Waals surface area contributed by atoms with Crippen molar-refractivity contribution in [2.45, 2.75) is 65.0 Å². The van der Waals surface area contributed by atoms with E-state index < -0.39 is 5.60 Å². The van der Waals surface area contributed by atoms with Crippen LogP contribution in [-0.4, -0.2) is 24.9 Å². The molecule has 2 aromatic carbocycles. The minimum absolute atomic E-state index is 0.237. The van der Waals surface area contributed by atoms with E-state index in [0.717, 1.165) is 42.0 Å². The summed E-state index contributed by atoms with van der Waals surface area (Å²) in [5, 5.41) is 3.36. The Hall–Kier alpha value is -2.11. The molecule has 158 valence electrons. The van der Waals surface area contributed by atoms with Crippen LogP contribution >= 0.6 is 0 Å². The van der Waals surface area contributed by atoms with E-state index in [1.807, 2.05) is 26.0 Å². The second kappa shape index (κ2) is 9.59. The summed E-state index contributed by atoms with van der Waals surface area (Å²) >= 11 is 0. The Balaban J connectivity index is 1.88. The Morgan fingerprint density at radius 1 is 1.07 bits per heavy atom. The number of ether oxygens (including phenoxy) is 3. The molecule has 0 fully saturated rings. The molecular weight excluding hydrogens is 369 g/mol. The van der Waals surface area contributed by atoms with Crippen LogP contribution in [0.5, 0.6) is 5.75 Å². The zero-order valence-electron chi connectivity index (χ0n) is 17.8. The number of anilines is 1. The topological polar surface area (TPSA) is 39.7 Å². The summed E-state index contributed by atoms with van der Waals surface area (Å²) in [7, 11) is 0. The standard InChI is InChI=1S/C24H32FNO3/c1-5-7-14-27-22-20-15-19(26-6-2)12-13-21(20)29-24(3,4)23(22)28-16-17-8-10-18(25)11-9-17/h8-13,15,22-23,26H,5-7,14,16H2,1-4H3. The van der Waals surface area contributed by atoms with Crippen LogP contribution < -0.4 is 10.1 Å². The minimum Gasteiger partial charge on any atom is -0.485 e. The van der Waals surface area contributed by atoms with Crippen molar-refractivity contribution in [3.63, 3.8) is 0 Å². The smallest absolute Gasteiger partial charge is 0.132 e. The Labute approximate surface area is 173 Å². The zero-order chi connectivity index (χ0) is 20.9. The summed E-state index contributed by atoms with van der Waals surface area (Å²) < 4.78 is 32.2. The van der Waals surface area contributed by atoms with Gasteiger partial charge in [0.1, 0.15) is 29.4 Å². The van der Waals surface area contributed by atoms with Crippen LogP contribution in [0.15, 0.2) is 42.5 Å². The van der Waals surface area contributed by atoms with Crippen molar-refractivity contribution in [3.8, 4) is 5.75 Å². The first-order valence-corrected chi connectivity index (χ1v) is 10.5. The third kappa shape index (κ3) is 5.28. The minimum atomic E-state index is -0.566. The SMILES string of the molecule is CCCCOC1c2cc(NCC)ccc2OC(C)(C)C1OCc1ccc(F)cc1. The van der Waals surface area contributed by atoms with Gasteiger partial charge in [-0.2, -0.15) is 0 Å². The van der Waals surface area contributed by atoms with Gasteiger partial charge in [-0.1, -0.05) is 25.5 Å². The highest BCUT2D eigenvalue weighted by molar-refractivity contribution is 5.53. The molecule has 2 aromatic rings. The third-order valence-corrected chi connectivity index (χ3v) is 5.17. The van der Waals surface area contributed by atoms with Gasteiger partial charge in [0.2, 0.25) is 0 Å². The molecule has 3 rings (SSSR count). The van der Waals surface area contributed by atoms with Crippen molar-refractivity contribution >= 4 is 5.69 Å². The van der Waals surface area contributed by atoms with Crippen LogP contribution in [0, 0.1) is 5.82 Å². The van der Waals surface area contributed by atoms with Crippen LogP contribution in [0.2, 0.25) is 0 Å². The van der Waals surface area contributed by atoms with E-state index >= 15 is 0 Å². The van der Waals surface area contributed by atoms with Crippen LogP contribution in [0.1, 0.15) is 57.8 Å². The molecular formula is C24H32FNO3. The van der Waals surface area contributed by atoms with Crippen LogP contribution in [0.4, 0.5) is 10.1 Å². The van der Waals surface area contributed by atoms with Crippen LogP contribution in [0.25, 0.3) is 0 Å². The lowest BCUT2D eigenvalue weighted by atomic mass is 9.87. The largest absolute Gasteiger partial charge is 0.485 e. The van der Waals surface area contributed by atoms with Gasteiger partial charge >= 0.3 is 0 Å². The van der Waals surface area contributed by atoms with E-state index in [2.05, 4.69) is 25.2 Å². The van der Waals surface area contributed by atoms with Crippen molar-refractivity contribution in [1.29, 1.82) is 0 Å². The highest BCUT2D eigenvalue weighted by Crippen LogP contribution is 2.44.